The molecule has 4 aromatic rings. The van der Waals surface area contributed by atoms with Gasteiger partial charge in [0.05, 0.1) is 0 Å². The zero-order valence-corrected chi connectivity index (χ0v) is 42.3. The Hall–Kier alpha value is -1.72. The van der Waals surface area contributed by atoms with E-state index in [9.17, 15) is 17.0 Å². The molecule has 6 rings (SSSR count). The number of allylic oxidation sites excluding steroid dienone is 2. The average molecular weight is 885 g/mol. The molecule has 0 saturated carbocycles. The first kappa shape index (κ1) is 42.9. The van der Waals surface area contributed by atoms with Gasteiger partial charge in [0.2, 0.25) is 0 Å². The van der Waals surface area contributed by atoms with Crippen LogP contribution in [-0.2, 0) is 16.2 Å². The van der Waals surface area contributed by atoms with Gasteiger partial charge in [0.1, 0.15) is 0 Å². The van der Waals surface area contributed by atoms with Crippen LogP contribution in [0.25, 0.3) is 34.4 Å². The van der Waals surface area contributed by atoms with Gasteiger partial charge in [-0.15, -0.1) is 0 Å². The number of halogens is 2. The molecule has 0 aromatic heterocycles. The molecule has 7 heteroatoms. The van der Waals surface area contributed by atoms with Crippen LogP contribution in [-0.4, -0.2) is 25.6 Å². The van der Waals surface area contributed by atoms with Crippen molar-refractivity contribution in [2.24, 2.45) is 0 Å². The van der Waals surface area contributed by atoms with Crippen molar-refractivity contribution in [3.8, 4) is 22.3 Å². The second kappa shape index (κ2) is 15.5. The van der Waals surface area contributed by atoms with Gasteiger partial charge < -0.3 is 0 Å². The SMILES string of the molecule is CCCC1=Cc2c(-c3ccc(C)c(C)c3C)cccc2[CH]1[Zr]([Cl])([Cl])([BH]N([Si](C)(C)C)[Si](C)(C)C)[CH]1C(CCC)=Cc2c(-c3ccc(C)c(C)c3C)cccc21. The molecule has 2 aliphatic carbocycles. The fraction of sp³-hybridized carbons (Fsp3) is 0.417. The number of hydrogen-bond acceptors (Lipinski definition) is 1. The zero-order valence-electron chi connectivity index (χ0n) is 36.3. The van der Waals surface area contributed by atoms with E-state index in [0.29, 0.717) is 0 Å². The first-order valence-electron chi connectivity index (χ1n) is 20.8. The third-order valence-corrected chi connectivity index (χ3v) is 40.5. The van der Waals surface area contributed by atoms with Gasteiger partial charge in [-0.2, -0.15) is 0 Å². The number of rotatable bonds is 12. The van der Waals surface area contributed by atoms with Gasteiger partial charge in [-0.3, -0.25) is 0 Å². The molecule has 1 nitrogen and oxygen atoms in total. The molecule has 0 saturated heterocycles. The van der Waals surface area contributed by atoms with Crippen LogP contribution in [0.3, 0.4) is 0 Å². The van der Waals surface area contributed by atoms with Crippen molar-refractivity contribution < 1.29 is 16.2 Å². The predicted molar refractivity (Wildman–Crippen MR) is 251 cm³/mol. The molecular formula is C48H65BCl2NSi2Zr. The Labute approximate surface area is 345 Å². The maximum absolute atomic E-state index is 9.18. The van der Waals surface area contributed by atoms with E-state index < -0.39 is 32.6 Å². The van der Waals surface area contributed by atoms with Gasteiger partial charge in [0.15, 0.2) is 0 Å². The molecule has 2 unspecified atom stereocenters. The maximum atomic E-state index is 9.18. The summed E-state index contributed by atoms with van der Waals surface area (Å²) in [6.07, 6.45) is 9.23. The number of nitrogens with zero attached hydrogens (tertiary/aromatic N) is 1. The number of hydrogen-bond donors (Lipinski definition) is 0. The monoisotopic (exact) mass is 882 g/mol. The van der Waals surface area contributed by atoms with Crippen LogP contribution >= 0.6 is 17.0 Å². The molecule has 4 aromatic carbocycles. The van der Waals surface area contributed by atoms with Crippen molar-refractivity contribution in [1.29, 1.82) is 0 Å². The van der Waals surface area contributed by atoms with Crippen LogP contribution in [0.15, 0.2) is 71.8 Å². The minimum absolute atomic E-state index is 0.0185. The second-order valence-corrected chi connectivity index (χ2v) is 51.2. The van der Waals surface area contributed by atoms with Crippen molar-refractivity contribution in [3.63, 3.8) is 0 Å². The summed E-state index contributed by atoms with van der Waals surface area (Å²) in [4.78, 5) is 0.825. The van der Waals surface area contributed by atoms with E-state index in [2.05, 4.69) is 172 Å². The van der Waals surface area contributed by atoms with E-state index in [1.165, 1.54) is 89.0 Å². The molecule has 0 bridgehead atoms. The van der Waals surface area contributed by atoms with Crippen molar-refractivity contribution in [1.82, 2.24) is 4.14 Å². The summed E-state index contributed by atoms with van der Waals surface area (Å²) in [5.74, 6) is 0. The van der Waals surface area contributed by atoms with Crippen LogP contribution in [0.1, 0.15) is 102 Å². The second-order valence-electron chi connectivity index (χ2n) is 19.1. The minimum atomic E-state index is -5.29. The summed E-state index contributed by atoms with van der Waals surface area (Å²) >= 11 is -5.29. The summed E-state index contributed by atoms with van der Waals surface area (Å²) < 4.78 is 2.98. The predicted octanol–water partition coefficient (Wildman–Crippen LogP) is 15.3. The van der Waals surface area contributed by atoms with Crippen LogP contribution in [0.5, 0.6) is 0 Å². The Bertz CT molecular complexity index is 2070. The fourth-order valence-electron chi connectivity index (χ4n) is 10.4. The van der Waals surface area contributed by atoms with Crippen LogP contribution in [0.4, 0.5) is 0 Å². The molecule has 0 fully saturated rings. The van der Waals surface area contributed by atoms with Gasteiger partial charge in [0.25, 0.3) is 0 Å². The van der Waals surface area contributed by atoms with Gasteiger partial charge in [-0.1, -0.05) is 0 Å². The van der Waals surface area contributed by atoms with Gasteiger partial charge >= 0.3 is 348 Å². The van der Waals surface area contributed by atoms with E-state index in [1.54, 1.807) is 0 Å². The van der Waals surface area contributed by atoms with Gasteiger partial charge in [0, 0.05) is 0 Å². The summed E-state index contributed by atoms with van der Waals surface area (Å²) in [6.45, 7) is 33.3. The van der Waals surface area contributed by atoms with E-state index in [4.69, 9.17) is 0 Å². The molecule has 55 heavy (non-hydrogen) atoms. The van der Waals surface area contributed by atoms with E-state index in [0.717, 1.165) is 30.6 Å². The van der Waals surface area contributed by atoms with Crippen LogP contribution in [0, 0.1) is 41.5 Å². The molecule has 0 spiro atoms. The third-order valence-electron chi connectivity index (χ3n) is 13.3. The number of benzene rings is 4. The number of aryl methyl sites for hydroxylation is 2. The molecule has 291 valence electrons. The zero-order chi connectivity index (χ0) is 40.4. The van der Waals surface area contributed by atoms with E-state index in [1.807, 2.05) is 0 Å². The Morgan fingerprint density at radius 3 is 1.27 bits per heavy atom. The summed E-state index contributed by atoms with van der Waals surface area (Å²) in [5.41, 5.74) is 21.8. The average Bonchev–Trinajstić information content (AvgIpc) is 3.68. The fourth-order valence-corrected chi connectivity index (χ4v) is 52.7. The van der Waals surface area contributed by atoms with Crippen molar-refractivity contribution in [2.45, 2.75) is 128 Å². The molecule has 0 aliphatic heterocycles. The summed E-state index contributed by atoms with van der Waals surface area (Å²) in [5, 5.41) is 0. The quantitative estimate of drug-likeness (QED) is 0.128. The van der Waals surface area contributed by atoms with Gasteiger partial charge in [-0.05, 0) is 0 Å². The molecule has 0 radical (unpaired) electrons. The topological polar surface area (TPSA) is 3.24 Å². The van der Waals surface area contributed by atoms with Crippen LogP contribution < -0.4 is 0 Å². The third kappa shape index (κ3) is 7.55. The van der Waals surface area contributed by atoms with E-state index >= 15 is 0 Å². The Morgan fingerprint density at radius 1 is 0.545 bits per heavy atom. The van der Waals surface area contributed by atoms with Crippen LogP contribution in [0.2, 0.25) is 39.3 Å². The number of fused-ring (bicyclic) bond motifs is 2. The summed E-state index contributed by atoms with van der Waals surface area (Å²) in [7, 11) is 14.6. The first-order chi connectivity index (χ1) is 25.6. The Morgan fingerprint density at radius 2 is 0.927 bits per heavy atom. The summed E-state index contributed by atoms with van der Waals surface area (Å²) in [6, 6.07) is 23.3. The molecule has 0 N–H and O–H groups in total. The first-order valence-corrected chi connectivity index (χ1v) is 38.6. The standard InChI is InChI=1S/2C21H23.C6H19BNSi2.2ClH.Zr/c2*1-5-7-17-12-18-8-6-9-20(21(18)13-17)19-11-10-14(2)15(3)16(19)4;1-9(2,3)8(7)10(4,5)6;;;/h2*6,8-13H,5,7H2,1-4H3;7H,1-6H3;2*1H;/q;;+1;;;+1/p-2. The molecule has 0 heterocycles. The Kier molecular flexibility index (Phi) is 12.1. The molecule has 0 amide bonds. The Balaban J connectivity index is 1.70. The molecule has 2 aliphatic rings. The van der Waals surface area contributed by atoms with E-state index in [-0.39, 0.29) is 7.25 Å². The molecule has 2 atom stereocenters. The van der Waals surface area contributed by atoms with Crippen molar-refractivity contribution >= 4 is 50.6 Å². The normalized spacial score (nSPS) is 17.8. The van der Waals surface area contributed by atoms with Gasteiger partial charge in [-0.25, -0.2) is 0 Å². The van der Waals surface area contributed by atoms with Crippen molar-refractivity contribution in [3.05, 3.63) is 127 Å². The molecular weight excluding hydrogens is 820 g/mol. The van der Waals surface area contributed by atoms with Crippen molar-refractivity contribution in [2.75, 3.05) is 0 Å².